The van der Waals surface area contributed by atoms with Gasteiger partial charge in [-0.2, -0.15) is 0 Å². The van der Waals surface area contributed by atoms with Gasteiger partial charge in [-0.15, -0.1) is 0 Å². The maximum Gasteiger partial charge on any atom is 0.293 e. The maximum atomic E-state index is 12.5. The Morgan fingerprint density at radius 2 is 1.83 bits per heavy atom. The van der Waals surface area contributed by atoms with Crippen molar-refractivity contribution in [2.45, 2.75) is 13.5 Å². The van der Waals surface area contributed by atoms with E-state index >= 15 is 0 Å². The van der Waals surface area contributed by atoms with E-state index in [-0.39, 0.29) is 11.3 Å². The van der Waals surface area contributed by atoms with Crippen LogP contribution in [-0.4, -0.2) is 10.8 Å². The number of hydrogen-bond donors (Lipinski definition) is 2. The zero-order valence-electron chi connectivity index (χ0n) is 15.4. The monoisotopic (exact) mass is 429 g/mol. The number of nitro groups is 1. The number of carbonyl (C=O) groups is 1. The molecule has 3 aromatic carbocycles. The van der Waals surface area contributed by atoms with E-state index < -0.39 is 10.8 Å². The fraction of sp³-hybridized carbons (Fsp3) is 0.0952. The second-order valence-corrected chi connectivity index (χ2v) is 7.23. The topological polar surface area (TPSA) is 84.3 Å². The van der Waals surface area contributed by atoms with Gasteiger partial charge in [-0.05, 0) is 54.4 Å². The lowest BCUT2D eigenvalue weighted by molar-refractivity contribution is -0.384. The van der Waals surface area contributed by atoms with Crippen molar-refractivity contribution < 1.29 is 9.72 Å². The van der Waals surface area contributed by atoms with Gasteiger partial charge in [0.25, 0.3) is 11.6 Å². The van der Waals surface area contributed by atoms with Crippen LogP contribution in [0.25, 0.3) is 0 Å². The van der Waals surface area contributed by atoms with E-state index in [0.717, 1.165) is 11.1 Å². The number of nitrogens with one attached hydrogen (secondary N) is 2. The lowest BCUT2D eigenvalue weighted by Crippen LogP contribution is -2.13. The first kappa shape index (κ1) is 20.6. The summed E-state index contributed by atoms with van der Waals surface area (Å²) in [4.78, 5) is 23.5. The fourth-order valence-electron chi connectivity index (χ4n) is 2.75. The predicted octanol–water partition coefficient (Wildman–Crippen LogP) is 6.07. The minimum absolute atomic E-state index is 0.193. The molecule has 3 aromatic rings. The molecule has 0 radical (unpaired) electrons. The molecule has 0 saturated heterocycles. The number of rotatable bonds is 6. The van der Waals surface area contributed by atoms with Crippen LogP contribution >= 0.6 is 23.2 Å². The minimum atomic E-state index is -0.527. The second-order valence-electron chi connectivity index (χ2n) is 6.41. The van der Waals surface area contributed by atoms with E-state index in [2.05, 4.69) is 10.6 Å². The lowest BCUT2D eigenvalue weighted by Gasteiger charge is -2.10. The summed E-state index contributed by atoms with van der Waals surface area (Å²) >= 11 is 11.9. The summed E-state index contributed by atoms with van der Waals surface area (Å²) in [6.45, 7) is 2.22. The zero-order valence-corrected chi connectivity index (χ0v) is 16.9. The number of hydrogen-bond acceptors (Lipinski definition) is 4. The SMILES string of the molecule is Cc1cccc(NC(=O)c2ccc(NCc3ccc(Cl)c(Cl)c3)c([N+](=O)[O-])c2)c1. The summed E-state index contributed by atoms with van der Waals surface area (Å²) in [5, 5.41) is 18.1. The summed E-state index contributed by atoms with van der Waals surface area (Å²) in [6, 6.07) is 16.7. The van der Waals surface area contributed by atoms with E-state index in [1.165, 1.54) is 18.2 Å². The molecule has 0 spiro atoms. The van der Waals surface area contributed by atoms with Gasteiger partial charge in [-0.25, -0.2) is 0 Å². The molecule has 0 aromatic heterocycles. The Kier molecular flexibility index (Phi) is 6.36. The van der Waals surface area contributed by atoms with Crippen molar-refractivity contribution >= 4 is 46.2 Å². The first-order valence-corrected chi connectivity index (χ1v) is 9.43. The molecular weight excluding hydrogens is 413 g/mol. The number of halogens is 2. The Balaban J connectivity index is 1.78. The van der Waals surface area contributed by atoms with Gasteiger partial charge in [0.2, 0.25) is 0 Å². The molecule has 0 bridgehead atoms. The Bertz CT molecular complexity index is 1090. The number of aryl methyl sites for hydroxylation is 1. The highest BCUT2D eigenvalue weighted by molar-refractivity contribution is 6.42. The highest BCUT2D eigenvalue weighted by Crippen LogP contribution is 2.28. The van der Waals surface area contributed by atoms with Crippen LogP contribution in [-0.2, 0) is 6.54 Å². The van der Waals surface area contributed by atoms with Crippen LogP contribution in [0.15, 0.2) is 60.7 Å². The van der Waals surface area contributed by atoms with Gasteiger partial charge in [-0.3, -0.25) is 14.9 Å². The number of nitro benzene ring substituents is 1. The molecule has 0 heterocycles. The first-order chi connectivity index (χ1) is 13.8. The van der Waals surface area contributed by atoms with E-state index in [0.29, 0.717) is 28.0 Å². The van der Waals surface area contributed by atoms with Crippen molar-refractivity contribution in [1.29, 1.82) is 0 Å². The molecule has 0 aliphatic heterocycles. The third-order valence-electron chi connectivity index (χ3n) is 4.20. The third-order valence-corrected chi connectivity index (χ3v) is 4.94. The minimum Gasteiger partial charge on any atom is -0.375 e. The highest BCUT2D eigenvalue weighted by atomic mass is 35.5. The molecule has 0 fully saturated rings. The molecule has 29 heavy (non-hydrogen) atoms. The summed E-state index contributed by atoms with van der Waals surface area (Å²) in [5.41, 5.74) is 2.73. The van der Waals surface area contributed by atoms with E-state index in [1.807, 2.05) is 25.1 Å². The average Bonchev–Trinajstić information content (AvgIpc) is 2.68. The van der Waals surface area contributed by atoms with Crippen molar-refractivity contribution in [3.8, 4) is 0 Å². The summed E-state index contributed by atoms with van der Waals surface area (Å²) in [7, 11) is 0. The van der Waals surface area contributed by atoms with Crippen molar-refractivity contribution in [2.24, 2.45) is 0 Å². The van der Waals surface area contributed by atoms with Crippen LogP contribution in [0.2, 0.25) is 10.0 Å². The standard InChI is InChI=1S/C21H17Cl2N3O3/c1-13-3-2-4-16(9-13)25-21(27)15-6-8-19(20(11-15)26(28)29)24-12-14-5-7-17(22)18(23)10-14/h2-11,24H,12H2,1H3,(H,25,27). The van der Waals surface area contributed by atoms with Crippen molar-refractivity contribution in [3.63, 3.8) is 0 Å². The van der Waals surface area contributed by atoms with Crippen LogP contribution in [0.5, 0.6) is 0 Å². The second kappa shape index (κ2) is 8.94. The van der Waals surface area contributed by atoms with Crippen LogP contribution in [0.3, 0.4) is 0 Å². The Morgan fingerprint density at radius 3 is 2.52 bits per heavy atom. The third kappa shape index (κ3) is 5.25. The number of amides is 1. The Morgan fingerprint density at radius 1 is 1.03 bits per heavy atom. The number of anilines is 2. The summed E-state index contributed by atoms with van der Waals surface area (Å²) in [6.07, 6.45) is 0. The van der Waals surface area contributed by atoms with Gasteiger partial charge >= 0.3 is 0 Å². The molecule has 2 N–H and O–H groups in total. The van der Waals surface area contributed by atoms with Gasteiger partial charge in [0, 0.05) is 23.9 Å². The average molecular weight is 430 g/mol. The molecule has 3 rings (SSSR count). The smallest absolute Gasteiger partial charge is 0.293 e. The molecule has 148 valence electrons. The van der Waals surface area contributed by atoms with E-state index in [9.17, 15) is 14.9 Å². The lowest BCUT2D eigenvalue weighted by atomic mass is 10.1. The fourth-order valence-corrected chi connectivity index (χ4v) is 3.07. The molecule has 8 heteroatoms. The molecular formula is C21H17Cl2N3O3. The van der Waals surface area contributed by atoms with Gasteiger partial charge in [0.1, 0.15) is 5.69 Å². The van der Waals surface area contributed by atoms with Crippen molar-refractivity contribution in [3.05, 3.63) is 97.5 Å². The maximum absolute atomic E-state index is 12.5. The molecule has 0 aliphatic carbocycles. The predicted molar refractivity (Wildman–Crippen MR) is 116 cm³/mol. The van der Waals surface area contributed by atoms with Crippen molar-refractivity contribution in [2.75, 3.05) is 10.6 Å². The number of nitrogens with zero attached hydrogens (tertiary/aromatic N) is 1. The van der Waals surface area contributed by atoms with Gasteiger partial charge < -0.3 is 10.6 Å². The highest BCUT2D eigenvalue weighted by Gasteiger charge is 2.18. The zero-order chi connectivity index (χ0) is 21.0. The molecule has 0 atom stereocenters. The van der Waals surface area contributed by atoms with Crippen molar-refractivity contribution in [1.82, 2.24) is 0 Å². The van der Waals surface area contributed by atoms with Gasteiger partial charge in [0.05, 0.1) is 15.0 Å². The van der Waals surface area contributed by atoms with E-state index in [1.54, 1.807) is 24.3 Å². The largest absolute Gasteiger partial charge is 0.375 e. The molecule has 6 nitrogen and oxygen atoms in total. The summed E-state index contributed by atoms with van der Waals surface area (Å²) in [5.74, 6) is -0.422. The normalized spacial score (nSPS) is 10.4. The van der Waals surface area contributed by atoms with Gasteiger partial charge in [0.15, 0.2) is 0 Å². The Labute approximate surface area is 177 Å². The first-order valence-electron chi connectivity index (χ1n) is 8.68. The van der Waals surface area contributed by atoms with Crippen LogP contribution < -0.4 is 10.6 Å². The van der Waals surface area contributed by atoms with Crippen LogP contribution in [0.4, 0.5) is 17.1 Å². The molecule has 0 unspecified atom stereocenters. The van der Waals surface area contributed by atoms with Crippen LogP contribution in [0.1, 0.15) is 21.5 Å². The van der Waals surface area contributed by atoms with Gasteiger partial charge in [-0.1, -0.05) is 41.4 Å². The van der Waals surface area contributed by atoms with Crippen LogP contribution in [0, 0.1) is 17.0 Å². The Hall–Kier alpha value is -3.09. The number of benzene rings is 3. The molecule has 0 aliphatic rings. The van der Waals surface area contributed by atoms with E-state index in [4.69, 9.17) is 23.2 Å². The summed E-state index contributed by atoms with van der Waals surface area (Å²) < 4.78 is 0. The molecule has 1 amide bonds. The molecule has 0 saturated carbocycles. The quantitative estimate of drug-likeness (QED) is 0.367. The number of carbonyl (C=O) groups excluding carboxylic acids is 1.